The van der Waals surface area contributed by atoms with Crippen molar-refractivity contribution < 1.29 is 10.0 Å². The Morgan fingerprint density at radius 1 is 1.17 bits per heavy atom. The van der Waals surface area contributed by atoms with E-state index in [-0.39, 0.29) is 0 Å². The molecule has 0 aromatic heterocycles. The molecule has 0 unspecified atom stereocenters. The van der Waals surface area contributed by atoms with Gasteiger partial charge in [-0.15, -0.1) is 0 Å². The number of hydrogen-bond acceptors (Lipinski definition) is 2. The molecule has 1 aromatic carbocycles. The molecule has 0 aliphatic heterocycles. The van der Waals surface area contributed by atoms with Crippen molar-refractivity contribution in [3.8, 4) is 0 Å². The van der Waals surface area contributed by atoms with E-state index in [0.29, 0.717) is 5.46 Å². The molecule has 2 N–H and O–H groups in total. The molecule has 0 aliphatic carbocycles. The van der Waals surface area contributed by atoms with Crippen molar-refractivity contribution in [2.24, 2.45) is 0 Å². The molecule has 0 spiro atoms. The fourth-order valence-electron chi connectivity index (χ4n) is 1.00. The highest BCUT2D eigenvalue weighted by molar-refractivity contribution is 9.10. The first-order valence-electron chi connectivity index (χ1n) is 3.65. The molecule has 4 heteroatoms. The third-order valence-electron chi connectivity index (χ3n) is 1.89. The second kappa shape index (κ2) is 3.60. The minimum absolute atomic E-state index is 0.512. The quantitative estimate of drug-likeness (QED) is 0.697. The number of halogens is 1. The molecule has 0 saturated carbocycles. The minimum atomic E-state index is -1.40. The lowest BCUT2D eigenvalue weighted by atomic mass is 9.79. The van der Waals surface area contributed by atoms with Gasteiger partial charge in [0.1, 0.15) is 0 Å². The Morgan fingerprint density at radius 2 is 1.67 bits per heavy atom. The fraction of sp³-hybridized carbons (Fsp3) is 0.250. The molecule has 0 amide bonds. The van der Waals surface area contributed by atoms with E-state index in [2.05, 4.69) is 15.9 Å². The Balaban J connectivity index is 3.23. The Morgan fingerprint density at radius 3 is 2.17 bits per heavy atom. The van der Waals surface area contributed by atoms with Gasteiger partial charge in [-0.2, -0.15) is 0 Å². The Kier molecular flexibility index (Phi) is 2.93. The van der Waals surface area contributed by atoms with Gasteiger partial charge in [0.05, 0.1) is 0 Å². The average molecular weight is 229 g/mol. The molecular formula is C8H10BBrO2. The molecule has 0 heterocycles. The van der Waals surface area contributed by atoms with Crippen molar-refractivity contribution in [2.45, 2.75) is 13.8 Å². The zero-order valence-electron chi connectivity index (χ0n) is 7.00. The first kappa shape index (κ1) is 9.77. The van der Waals surface area contributed by atoms with E-state index >= 15 is 0 Å². The van der Waals surface area contributed by atoms with Crippen LogP contribution in [-0.4, -0.2) is 17.2 Å². The summed E-state index contributed by atoms with van der Waals surface area (Å²) in [6.07, 6.45) is 0. The Bertz CT molecular complexity index is 299. The predicted octanol–water partition coefficient (Wildman–Crippen LogP) is 0.746. The van der Waals surface area contributed by atoms with Gasteiger partial charge >= 0.3 is 7.12 Å². The monoisotopic (exact) mass is 228 g/mol. The van der Waals surface area contributed by atoms with Crippen LogP contribution in [0.25, 0.3) is 0 Å². The standard InChI is InChI=1S/C8H10BBrO2/c1-5-3-7(9(11)12)8(10)4-6(5)2/h3-4,11-12H,1-2H3. The molecule has 1 rings (SSSR count). The lowest BCUT2D eigenvalue weighted by molar-refractivity contribution is 0.425. The van der Waals surface area contributed by atoms with E-state index in [0.717, 1.165) is 15.6 Å². The maximum Gasteiger partial charge on any atom is 0.489 e. The van der Waals surface area contributed by atoms with Crippen LogP contribution >= 0.6 is 15.9 Å². The number of benzene rings is 1. The summed E-state index contributed by atoms with van der Waals surface area (Å²) >= 11 is 3.26. The normalized spacial score (nSPS) is 10.1. The summed E-state index contributed by atoms with van der Waals surface area (Å²) in [4.78, 5) is 0. The highest BCUT2D eigenvalue weighted by Gasteiger charge is 2.15. The zero-order valence-corrected chi connectivity index (χ0v) is 8.59. The van der Waals surface area contributed by atoms with Crippen molar-refractivity contribution in [2.75, 3.05) is 0 Å². The first-order chi connectivity index (χ1) is 5.52. The summed E-state index contributed by atoms with van der Waals surface area (Å²) in [7, 11) is -1.40. The van der Waals surface area contributed by atoms with E-state index in [9.17, 15) is 0 Å². The van der Waals surface area contributed by atoms with E-state index in [1.54, 1.807) is 6.07 Å². The summed E-state index contributed by atoms with van der Waals surface area (Å²) in [5.74, 6) is 0. The minimum Gasteiger partial charge on any atom is -0.423 e. The predicted molar refractivity (Wildman–Crippen MR) is 53.4 cm³/mol. The number of rotatable bonds is 1. The van der Waals surface area contributed by atoms with E-state index in [1.807, 2.05) is 19.9 Å². The van der Waals surface area contributed by atoms with Crippen LogP contribution in [0.4, 0.5) is 0 Å². The Labute approximate surface area is 80.5 Å². The fourth-order valence-corrected chi connectivity index (χ4v) is 1.66. The van der Waals surface area contributed by atoms with Crippen LogP contribution < -0.4 is 5.46 Å². The van der Waals surface area contributed by atoms with Crippen LogP contribution in [-0.2, 0) is 0 Å². The van der Waals surface area contributed by atoms with Crippen molar-refractivity contribution in [1.29, 1.82) is 0 Å². The molecule has 2 nitrogen and oxygen atoms in total. The summed E-state index contributed by atoms with van der Waals surface area (Å²) in [5, 5.41) is 17.9. The SMILES string of the molecule is Cc1cc(Br)c(B(O)O)cc1C. The largest absolute Gasteiger partial charge is 0.489 e. The van der Waals surface area contributed by atoms with Crippen molar-refractivity contribution in [1.82, 2.24) is 0 Å². The van der Waals surface area contributed by atoms with E-state index < -0.39 is 7.12 Å². The van der Waals surface area contributed by atoms with E-state index in [1.165, 1.54) is 0 Å². The Hall–Kier alpha value is -0.315. The van der Waals surface area contributed by atoms with Gasteiger partial charge in [-0.05, 0) is 36.5 Å². The molecule has 1 aromatic rings. The maximum absolute atomic E-state index is 8.95. The van der Waals surface area contributed by atoms with Gasteiger partial charge in [-0.3, -0.25) is 0 Å². The molecule has 0 bridgehead atoms. The first-order valence-corrected chi connectivity index (χ1v) is 4.44. The van der Waals surface area contributed by atoms with Crippen LogP contribution in [0, 0.1) is 13.8 Å². The molecule has 12 heavy (non-hydrogen) atoms. The molecule has 0 saturated heterocycles. The highest BCUT2D eigenvalue weighted by atomic mass is 79.9. The smallest absolute Gasteiger partial charge is 0.423 e. The van der Waals surface area contributed by atoms with Crippen LogP contribution in [0.15, 0.2) is 16.6 Å². The zero-order chi connectivity index (χ0) is 9.30. The summed E-state index contributed by atoms with van der Waals surface area (Å²) in [6.45, 7) is 3.92. The molecule has 0 aliphatic rings. The van der Waals surface area contributed by atoms with Gasteiger partial charge < -0.3 is 10.0 Å². The lowest BCUT2D eigenvalue weighted by Gasteiger charge is -2.06. The molecule has 0 fully saturated rings. The van der Waals surface area contributed by atoms with Crippen LogP contribution in [0.1, 0.15) is 11.1 Å². The van der Waals surface area contributed by atoms with Crippen molar-refractivity contribution in [3.05, 3.63) is 27.7 Å². The summed E-state index contributed by atoms with van der Waals surface area (Å²) in [5.41, 5.74) is 2.70. The maximum atomic E-state index is 8.95. The second-order valence-corrected chi connectivity index (χ2v) is 3.69. The van der Waals surface area contributed by atoms with E-state index in [4.69, 9.17) is 10.0 Å². The van der Waals surface area contributed by atoms with Gasteiger partial charge in [-0.1, -0.05) is 22.0 Å². The average Bonchev–Trinajstić information content (AvgIpc) is 1.96. The lowest BCUT2D eigenvalue weighted by Crippen LogP contribution is -2.31. The summed E-state index contributed by atoms with van der Waals surface area (Å²) < 4.78 is 0.737. The third kappa shape index (κ3) is 1.89. The number of hydrogen-bond donors (Lipinski definition) is 2. The van der Waals surface area contributed by atoms with Gasteiger partial charge in [0, 0.05) is 4.47 Å². The van der Waals surface area contributed by atoms with Crippen molar-refractivity contribution >= 4 is 28.5 Å². The highest BCUT2D eigenvalue weighted by Crippen LogP contribution is 2.13. The van der Waals surface area contributed by atoms with Crippen molar-refractivity contribution in [3.63, 3.8) is 0 Å². The number of aryl methyl sites for hydroxylation is 2. The molecule has 64 valence electrons. The van der Waals surface area contributed by atoms with Crippen LogP contribution in [0.5, 0.6) is 0 Å². The van der Waals surface area contributed by atoms with Crippen LogP contribution in [0.2, 0.25) is 0 Å². The topological polar surface area (TPSA) is 40.5 Å². The molecule has 0 radical (unpaired) electrons. The second-order valence-electron chi connectivity index (χ2n) is 2.83. The third-order valence-corrected chi connectivity index (χ3v) is 2.58. The molecule has 0 atom stereocenters. The van der Waals surface area contributed by atoms with Gasteiger partial charge in [0.2, 0.25) is 0 Å². The van der Waals surface area contributed by atoms with Gasteiger partial charge in [0.15, 0.2) is 0 Å². The van der Waals surface area contributed by atoms with Gasteiger partial charge in [0.25, 0.3) is 0 Å². The van der Waals surface area contributed by atoms with Crippen LogP contribution in [0.3, 0.4) is 0 Å². The van der Waals surface area contributed by atoms with Gasteiger partial charge in [-0.25, -0.2) is 0 Å². The summed E-state index contributed by atoms with van der Waals surface area (Å²) in [6, 6.07) is 3.65. The molecular weight excluding hydrogens is 219 g/mol.